The highest BCUT2D eigenvalue weighted by Gasteiger charge is 2.48. The Balaban J connectivity index is 1.82. The van der Waals surface area contributed by atoms with Crippen LogP contribution in [0.2, 0.25) is 20.1 Å². The molecule has 1 aliphatic rings. The van der Waals surface area contributed by atoms with Gasteiger partial charge in [-0.3, -0.25) is 19.3 Å². The van der Waals surface area contributed by atoms with E-state index in [0.717, 1.165) is 6.07 Å². The molecule has 2 aromatic rings. The Labute approximate surface area is 207 Å². The largest absolute Gasteiger partial charge is 0.454 e. The molecule has 0 aromatic heterocycles. The van der Waals surface area contributed by atoms with E-state index in [-0.39, 0.29) is 36.9 Å². The molecule has 0 radical (unpaired) electrons. The summed E-state index contributed by atoms with van der Waals surface area (Å²) in [6.45, 7) is 2.36. The van der Waals surface area contributed by atoms with Crippen LogP contribution in [0.4, 0.5) is 10.1 Å². The van der Waals surface area contributed by atoms with Gasteiger partial charge in [-0.25, -0.2) is 9.18 Å². The van der Waals surface area contributed by atoms with Gasteiger partial charge < -0.3 is 10.1 Å². The van der Waals surface area contributed by atoms with Crippen LogP contribution in [-0.4, -0.2) is 41.2 Å². The predicted molar refractivity (Wildman–Crippen MR) is 122 cm³/mol. The van der Waals surface area contributed by atoms with Crippen LogP contribution in [0.1, 0.15) is 34.6 Å². The number of halogens is 5. The lowest BCUT2D eigenvalue weighted by molar-refractivity contribution is -0.152. The van der Waals surface area contributed by atoms with Gasteiger partial charge in [0.25, 0.3) is 17.7 Å². The van der Waals surface area contributed by atoms with Crippen LogP contribution in [0.3, 0.4) is 0 Å². The second-order valence-electron chi connectivity index (χ2n) is 7.31. The van der Waals surface area contributed by atoms with E-state index in [1.165, 1.54) is 18.2 Å². The number of esters is 1. The topological polar surface area (TPSA) is 92.8 Å². The number of benzene rings is 2. The standard InChI is InChI=1S/C21H15Cl4FN2O5/c1-8(2)18(21(32)33-7-11(29)27-10-6-4-3-5-9(10)26)28-19(30)12-13(20(28)31)15(23)17(25)16(24)14(12)22/h3-6,8,18H,7H2,1-2H3,(H,27,29). The van der Waals surface area contributed by atoms with Crippen LogP contribution in [0.25, 0.3) is 0 Å². The number of amides is 3. The molecule has 174 valence electrons. The molecule has 1 unspecified atom stereocenters. The van der Waals surface area contributed by atoms with E-state index in [0.29, 0.717) is 4.90 Å². The van der Waals surface area contributed by atoms with Gasteiger partial charge in [0.15, 0.2) is 6.61 Å². The van der Waals surface area contributed by atoms with Crippen molar-refractivity contribution in [3.8, 4) is 0 Å². The Morgan fingerprint density at radius 1 is 0.970 bits per heavy atom. The van der Waals surface area contributed by atoms with E-state index in [4.69, 9.17) is 51.1 Å². The summed E-state index contributed by atoms with van der Waals surface area (Å²) in [7, 11) is 0. The zero-order valence-electron chi connectivity index (χ0n) is 17.0. The van der Waals surface area contributed by atoms with E-state index in [1.807, 2.05) is 0 Å². The minimum atomic E-state index is -1.41. The molecule has 0 bridgehead atoms. The Kier molecular flexibility index (Phi) is 7.53. The first-order valence-corrected chi connectivity index (χ1v) is 10.9. The highest BCUT2D eigenvalue weighted by molar-refractivity contribution is 6.55. The summed E-state index contributed by atoms with van der Waals surface area (Å²) in [5.74, 6) is -4.96. The fourth-order valence-electron chi connectivity index (χ4n) is 3.27. The maximum atomic E-state index is 13.7. The van der Waals surface area contributed by atoms with Gasteiger partial charge in [0.2, 0.25) is 0 Å². The number of anilines is 1. The van der Waals surface area contributed by atoms with Crippen LogP contribution >= 0.6 is 46.4 Å². The van der Waals surface area contributed by atoms with Crippen molar-refractivity contribution in [3.05, 3.63) is 61.3 Å². The van der Waals surface area contributed by atoms with Crippen LogP contribution in [0, 0.1) is 11.7 Å². The summed E-state index contributed by atoms with van der Waals surface area (Å²) >= 11 is 24.2. The van der Waals surface area contributed by atoms with Crippen LogP contribution < -0.4 is 5.32 Å². The van der Waals surface area contributed by atoms with Crippen molar-refractivity contribution in [2.24, 2.45) is 5.92 Å². The smallest absolute Gasteiger partial charge is 0.330 e. The third-order valence-electron chi connectivity index (χ3n) is 4.78. The van der Waals surface area contributed by atoms with Gasteiger partial charge in [-0.15, -0.1) is 0 Å². The van der Waals surface area contributed by atoms with Crippen molar-refractivity contribution in [2.45, 2.75) is 19.9 Å². The first kappa shape index (κ1) is 25.2. The fraction of sp³-hybridized carbons (Fsp3) is 0.238. The summed E-state index contributed by atoms with van der Waals surface area (Å²) in [5.41, 5.74) is -0.661. The number of hydrogen-bond donors (Lipinski definition) is 1. The number of imide groups is 1. The first-order valence-electron chi connectivity index (χ1n) is 9.42. The number of rotatable bonds is 6. The second kappa shape index (κ2) is 9.85. The van der Waals surface area contributed by atoms with Crippen LogP contribution in [-0.2, 0) is 14.3 Å². The number of carbonyl (C=O) groups excluding carboxylic acids is 4. The maximum Gasteiger partial charge on any atom is 0.330 e. The Morgan fingerprint density at radius 2 is 1.48 bits per heavy atom. The van der Waals surface area contributed by atoms with Gasteiger partial charge >= 0.3 is 5.97 Å². The van der Waals surface area contributed by atoms with Crippen molar-refractivity contribution in [1.29, 1.82) is 0 Å². The Hall–Kier alpha value is -2.39. The summed E-state index contributed by atoms with van der Waals surface area (Å²) in [4.78, 5) is 51.6. The Bertz CT molecular complexity index is 1140. The fourth-order valence-corrected chi connectivity index (χ4v) is 4.28. The van der Waals surface area contributed by atoms with E-state index in [2.05, 4.69) is 5.32 Å². The third kappa shape index (κ3) is 4.66. The van der Waals surface area contributed by atoms with Crippen molar-refractivity contribution in [3.63, 3.8) is 0 Å². The average molecular weight is 536 g/mol. The summed E-state index contributed by atoms with van der Waals surface area (Å²) in [6.07, 6.45) is 0. The minimum absolute atomic E-state index is 0.0997. The molecule has 33 heavy (non-hydrogen) atoms. The normalized spacial score (nSPS) is 13.9. The summed E-state index contributed by atoms with van der Waals surface area (Å²) in [6, 6.07) is 4.01. The molecule has 3 amide bonds. The molecule has 0 saturated carbocycles. The monoisotopic (exact) mass is 534 g/mol. The first-order chi connectivity index (χ1) is 15.5. The lowest BCUT2D eigenvalue weighted by atomic mass is 10.0. The molecule has 1 aliphatic heterocycles. The molecule has 7 nitrogen and oxygen atoms in total. The lowest BCUT2D eigenvalue weighted by Crippen LogP contribution is -2.49. The highest BCUT2D eigenvalue weighted by Crippen LogP contribution is 2.45. The summed E-state index contributed by atoms with van der Waals surface area (Å²) < 4.78 is 18.7. The third-order valence-corrected chi connectivity index (χ3v) is 6.58. The van der Waals surface area contributed by atoms with Crippen LogP contribution in [0.15, 0.2) is 24.3 Å². The molecule has 2 aromatic carbocycles. The molecule has 0 aliphatic carbocycles. The molecule has 1 N–H and O–H groups in total. The van der Waals surface area contributed by atoms with Crippen molar-refractivity contribution in [1.82, 2.24) is 4.90 Å². The lowest BCUT2D eigenvalue weighted by Gasteiger charge is -2.27. The Morgan fingerprint density at radius 3 is 1.97 bits per heavy atom. The van der Waals surface area contributed by atoms with E-state index >= 15 is 0 Å². The molecule has 1 atom stereocenters. The molecule has 0 saturated heterocycles. The molecule has 0 fully saturated rings. The number of ether oxygens (including phenoxy) is 1. The summed E-state index contributed by atoms with van der Waals surface area (Å²) in [5, 5.41) is 1.29. The number of nitrogens with zero attached hydrogens (tertiary/aromatic N) is 1. The number of carbonyl (C=O) groups is 4. The predicted octanol–water partition coefficient (Wildman–Crippen LogP) is 5.24. The minimum Gasteiger partial charge on any atom is -0.454 e. The number of para-hydroxylation sites is 1. The second-order valence-corrected chi connectivity index (χ2v) is 8.82. The number of hydrogen-bond acceptors (Lipinski definition) is 5. The van der Waals surface area contributed by atoms with Gasteiger partial charge in [0, 0.05) is 0 Å². The van der Waals surface area contributed by atoms with E-state index in [1.54, 1.807) is 13.8 Å². The maximum absolute atomic E-state index is 13.7. The van der Waals surface area contributed by atoms with Gasteiger partial charge in [0.1, 0.15) is 11.9 Å². The molecular weight excluding hydrogens is 521 g/mol. The highest BCUT2D eigenvalue weighted by atomic mass is 35.5. The SMILES string of the molecule is CC(C)C(C(=O)OCC(=O)Nc1ccccc1F)N1C(=O)c2c(Cl)c(Cl)c(Cl)c(Cl)c2C1=O. The zero-order chi connectivity index (χ0) is 24.6. The van der Waals surface area contributed by atoms with Gasteiger partial charge in [-0.05, 0) is 18.1 Å². The molecular formula is C21H15Cl4FN2O5. The molecule has 3 rings (SSSR count). The van der Waals surface area contributed by atoms with Crippen molar-refractivity contribution >= 4 is 75.8 Å². The van der Waals surface area contributed by atoms with Gasteiger partial charge in [0.05, 0.1) is 36.9 Å². The van der Waals surface area contributed by atoms with Gasteiger partial charge in [-0.2, -0.15) is 0 Å². The number of fused-ring (bicyclic) bond motifs is 1. The number of nitrogens with one attached hydrogen (secondary N) is 1. The zero-order valence-corrected chi connectivity index (χ0v) is 20.1. The molecule has 1 heterocycles. The van der Waals surface area contributed by atoms with Crippen LogP contribution in [0.5, 0.6) is 0 Å². The van der Waals surface area contributed by atoms with E-state index in [9.17, 15) is 23.6 Å². The van der Waals surface area contributed by atoms with Crippen molar-refractivity contribution < 1.29 is 28.3 Å². The molecule has 0 spiro atoms. The van der Waals surface area contributed by atoms with Gasteiger partial charge in [-0.1, -0.05) is 72.4 Å². The quantitative estimate of drug-likeness (QED) is 0.236. The average Bonchev–Trinajstić information content (AvgIpc) is 3.01. The molecule has 12 heteroatoms. The van der Waals surface area contributed by atoms with E-state index < -0.39 is 48.1 Å². The van der Waals surface area contributed by atoms with Crippen molar-refractivity contribution in [2.75, 3.05) is 11.9 Å².